The molecule has 0 radical (unpaired) electrons. The van der Waals surface area contributed by atoms with E-state index >= 15 is 0 Å². The second-order valence-electron chi connectivity index (χ2n) is 6.75. The molecule has 1 saturated heterocycles. The number of amides is 5. The third-order valence-electron chi connectivity index (χ3n) is 4.69. The Labute approximate surface area is 161 Å². The molecule has 1 aliphatic heterocycles. The third-order valence-corrected chi connectivity index (χ3v) is 4.69. The zero-order chi connectivity index (χ0) is 20.1. The van der Waals surface area contributed by atoms with Crippen molar-refractivity contribution in [2.75, 3.05) is 11.5 Å². The van der Waals surface area contributed by atoms with Crippen LogP contribution in [0.5, 0.6) is 0 Å². The lowest BCUT2D eigenvalue weighted by Gasteiger charge is -2.14. The predicted octanol–water partition coefficient (Wildman–Crippen LogP) is 1.27. The summed E-state index contributed by atoms with van der Waals surface area (Å²) in [4.78, 5) is 60.0. The summed E-state index contributed by atoms with van der Waals surface area (Å²) in [5, 5.41) is 4.82. The number of nitrogens with one attached hydrogen (secondary N) is 2. The second kappa shape index (κ2) is 8.64. The van der Waals surface area contributed by atoms with Crippen LogP contribution < -0.4 is 15.5 Å². The Balaban J connectivity index is 1.46. The van der Waals surface area contributed by atoms with Crippen molar-refractivity contribution >= 4 is 35.4 Å². The van der Waals surface area contributed by atoms with Crippen LogP contribution in [0.3, 0.4) is 0 Å². The highest BCUT2D eigenvalue weighted by Gasteiger charge is 2.30. The van der Waals surface area contributed by atoms with Gasteiger partial charge in [0.1, 0.15) is 0 Å². The van der Waals surface area contributed by atoms with E-state index in [0.29, 0.717) is 5.69 Å². The van der Waals surface area contributed by atoms with Crippen molar-refractivity contribution in [2.45, 2.75) is 44.6 Å². The highest BCUT2D eigenvalue weighted by molar-refractivity contribution is 6.19. The largest absolute Gasteiger partial charge is 0.452 e. The molecule has 5 amide bonds. The van der Waals surface area contributed by atoms with Gasteiger partial charge in [-0.3, -0.25) is 24.6 Å². The molecular formula is C19H21N3O6. The van der Waals surface area contributed by atoms with Crippen LogP contribution in [0, 0.1) is 0 Å². The number of urea groups is 1. The van der Waals surface area contributed by atoms with E-state index in [1.165, 1.54) is 24.3 Å². The molecule has 0 bridgehead atoms. The van der Waals surface area contributed by atoms with Gasteiger partial charge >= 0.3 is 12.0 Å². The third kappa shape index (κ3) is 4.73. The molecule has 3 rings (SSSR count). The summed E-state index contributed by atoms with van der Waals surface area (Å²) < 4.78 is 4.89. The second-order valence-corrected chi connectivity index (χ2v) is 6.75. The van der Waals surface area contributed by atoms with Gasteiger partial charge in [0, 0.05) is 18.9 Å². The minimum Gasteiger partial charge on any atom is -0.452 e. The Bertz CT molecular complexity index is 782. The zero-order valence-electron chi connectivity index (χ0n) is 15.2. The fourth-order valence-electron chi connectivity index (χ4n) is 3.28. The molecule has 1 saturated carbocycles. The maximum absolute atomic E-state index is 12.0. The highest BCUT2D eigenvalue weighted by atomic mass is 16.5. The van der Waals surface area contributed by atoms with Crippen molar-refractivity contribution in [3.8, 4) is 0 Å². The van der Waals surface area contributed by atoms with Gasteiger partial charge in [0.2, 0.25) is 11.8 Å². The molecule has 1 heterocycles. The van der Waals surface area contributed by atoms with E-state index in [9.17, 15) is 24.0 Å². The van der Waals surface area contributed by atoms with Crippen LogP contribution in [-0.2, 0) is 19.1 Å². The van der Waals surface area contributed by atoms with Gasteiger partial charge in [0.15, 0.2) is 6.61 Å². The summed E-state index contributed by atoms with van der Waals surface area (Å²) in [7, 11) is 0. The molecule has 2 aliphatic rings. The first-order chi connectivity index (χ1) is 13.4. The number of rotatable bonds is 5. The molecule has 0 spiro atoms. The van der Waals surface area contributed by atoms with Gasteiger partial charge in [0.25, 0.3) is 5.91 Å². The predicted molar refractivity (Wildman–Crippen MR) is 97.4 cm³/mol. The van der Waals surface area contributed by atoms with E-state index in [-0.39, 0.29) is 36.3 Å². The molecule has 1 aromatic rings. The summed E-state index contributed by atoms with van der Waals surface area (Å²) in [6, 6.07) is 5.21. The van der Waals surface area contributed by atoms with E-state index in [1.807, 2.05) is 0 Å². The van der Waals surface area contributed by atoms with Crippen molar-refractivity contribution < 1.29 is 28.7 Å². The number of imide groups is 2. The minimum absolute atomic E-state index is 0.0724. The lowest BCUT2D eigenvalue weighted by atomic mass is 10.2. The molecule has 0 unspecified atom stereocenters. The van der Waals surface area contributed by atoms with Crippen molar-refractivity contribution in [2.24, 2.45) is 0 Å². The molecule has 1 aliphatic carbocycles. The zero-order valence-corrected chi connectivity index (χ0v) is 15.2. The summed E-state index contributed by atoms with van der Waals surface area (Å²) in [5.74, 6) is -2.05. The van der Waals surface area contributed by atoms with E-state index in [2.05, 4.69) is 10.6 Å². The molecule has 0 aromatic heterocycles. The number of hydrogen-bond donors (Lipinski definition) is 2. The number of hydrogen-bond acceptors (Lipinski definition) is 6. The Hall–Kier alpha value is -3.23. The SMILES string of the molecule is O=C(COC(=O)c1ccc(N2C(=O)CCC2=O)cc1)NC(=O)NC1CCCC1. The fraction of sp³-hybridized carbons (Fsp3) is 0.421. The van der Waals surface area contributed by atoms with Crippen LogP contribution in [0.25, 0.3) is 0 Å². The molecule has 0 atom stereocenters. The smallest absolute Gasteiger partial charge is 0.338 e. The topological polar surface area (TPSA) is 122 Å². The first kappa shape index (κ1) is 19.5. The fourth-order valence-corrected chi connectivity index (χ4v) is 3.28. The van der Waals surface area contributed by atoms with Gasteiger partial charge in [-0.15, -0.1) is 0 Å². The van der Waals surface area contributed by atoms with Crippen LogP contribution >= 0.6 is 0 Å². The summed E-state index contributed by atoms with van der Waals surface area (Å²) in [5.41, 5.74) is 0.538. The first-order valence-electron chi connectivity index (χ1n) is 9.17. The average Bonchev–Trinajstić information content (AvgIpc) is 3.29. The maximum Gasteiger partial charge on any atom is 0.338 e. The number of benzene rings is 1. The van der Waals surface area contributed by atoms with Gasteiger partial charge in [-0.05, 0) is 37.1 Å². The van der Waals surface area contributed by atoms with Crippen molar-refractivity contribution in [1.82, 2.24) is 10.6 Å². The van der Waals surface area contributed by atoms with E-state index in [0.717, 1.165) is 30.6 Å². The standard InChI is InChI=1S/C19H21N3O6/c23-15(21-19(27)20-13-3-1-2-4-13)11-28-18(26)12-5-7-14(8-6-12)22-16(24)9-10-17(22)25/h5-8,13H,1-4,9-11H2,(H2,20,21,23,27). The van der Waals surface area contributed by atoms with Crippen molar-refractivity contribution in [1.29, 1.82) is 0 Å². The maximum atomic E-state index is 12.0. The minimum atomic E-state index is -0.753. The van der Waals surface area contributed by atoms with E-state index < -0.39 is 24.5 Å². The highest BCUT2D eigenvalue weighted by Crippen LogP contribution is 2.23. The normalized spacial score (nSPS) is 16.9. The molecule has 2 N–H and O–H groups in total. The quantitative estimate of drug-likeness (QED) is 0.579. The lowest BCUT2D eigenvalue weighted by Crippen LogP contribution is -2.44. The number of anilines is 1. The van der Waals surface area contributed by atoms with Gasteiger partial charge in [-0.2, -0.15) is 0 Å². The molecule has 1 aromatic carbocycles. The Morgan fingerprint density at radius 3 is 2.21 bits per heavy atom. The number of carbonyl (C=O) groups is 5. The van der Waals surface area contributed by atoms with Crippen LogP contribution in [0.1, 0.15) is 48.9 Å². The van der Waals surface area contributed by atoms with E-state index in [1.54, 1.807) is 0 Å². The molecule has 9 heteroatoms. The van der Waals surface area contributed by atoms with Crippen molar-refractivity contribution in [3.05, 3.63) is 29.8 Å². The Morgan fingerprint density at radius 2 is 1.61 bits per heavy atom. The van der Waals surface area contributed by atoms with Gasteiger partial charge in [-0.25, -0.2) is 9.59 Å². The lowest BCUT2D eigenvalue weighted by molar-refractivity contribution is -0.123. The van der Waals surface area contributed by atoms with Crippen LogP contribution in [0.15, 0.2) is 24.3 Å². The van der Waals surface area contributed by atoms with Gasteiger partial charge in [0.05, 0.1) is 11.3 Å². The Morgan fingerprint density at radius 1 is 1.00 bits per heavy atom. The van der Waals surface area contributed by atoms with Crippen molar-refractivity contribution in [3.63, 3.8) is 0 Å². The Kier molecular flexibility index (Phi) is 6.03. The molecule has 2 fully saturated rings. The van der Waals surface area contributed by atoms with Gasteiger partial charge in [-0.1, -0.05) is 12.8 Å². The number of esters is 1. The molecule has 28 heavy (non-hydrogen) atoms. The molecular weight excluding hydrogens is 366 g/mol. The van der Waals surface area contributed by atoms with Crippen LogP contribution in [0.4, 0.5) is 10.5 Å². The summed E-state index contributed by atoms with van der Waals surface area (Å²) in [6.45, 7) is -0.595. The summed E-state index contributed by atoms with van der Waals surface area (Å²) in [6.07, 6.45) is 4.23. The molecule has 148 valence electrons. The number of ether oxygens (including phenoxy) is 1. The van der Waals surface area contributed by atoms with E-state index in [4.69, 9.17) is 4.74 Å². The number of carbonyl (C=O) groups excluding carboxylic acids is 5. The number of nitrogens with zero attached hydrogens (tertiary/aromatic N) is 1. The van der Waals surface area contributed by atoms with Crippen LogP contribution in [0.2, 0.25) is 0 Å². The van der Waals surface area contributed by atoms with Crippen LogP contribution in [-0.4, -0.2) is 42.4 Å². The first-order valence-corrected chi connectivity index (χ1v) is 9.17. The van der Waals surface area contributed by atoms with Gasteiger partial charge < -0.3 is 10.1 Å². The molecule has 9 nitrogen and oxygen atoms in total. The summed E-state index contributed by atoms with van der Waals surface area (Å²) >= 11 is 0. The average molecular weight is 387 g/mol. The monoisotopic (exact) mass is 387 g/mol.